The topological polar surface area (TPSA) is 64.9 Å². The zero-order valence-corrected chi connectivity index (χ0v) is 10.2. The molecule has 0 saturated carbocycles. The van der Waals surface area contributed by atoms with Crippen LogP contribution in [0.25, 0.3) is 11.4 Å². The van der Waals surface area contributed by atoms with Gasteiger partial charge in [0.2, 0.25) is 11.7 Å². The second-order valence-electron chi connectivity index (χ2n) is 4.92. The van der Waals surface area contributed by atoms with Gasteiger partial charge in [-0.3, -0.25) is 0 Å². The summed E-state index contributed by atoms with van der Waals surface area (Å²) >= 11 is 0. The summed E-state index contributed by atoms with van der Waals surface area (Å²) < 4.78 is 5.24. The summed E-state index contributed by atoms with van der Waals surface area (Å²) in [6.07, 6.45) is 0.698. The Hall–Kier alpha value is -1.68. The van der Waals surface area contributed by atoms with Crippen LogP contribution in [0.3, 0.4) is 0 Å². The minimum Gasteiger partial charge on any atom is -0.339 e. The number of hydrogen-bond donors (Lipinski definition) is 1. The first-order valence-electron chi connectivity index (χ1n) is 5.69. The summed E-state index contributed by atoms with van der Waals surface area (Å²) in [7, 11) is 0. The van der Waals surface area contributed by atoms with Crippen LogP contribution in [0.15, 0.2) is 34.9 Å². The van der Waals surface area contributed by atoms with E-state index in [1.165, 1.54) is 0 Å². The van der Waals surface area contributed by atoms with Gasteiger partial charge in [0.15, 0.2) is 0 Å². The molecule has 0 fully saturated rings. The number of rotatable bonds is 4. The highest BCUT2D eigenvalue weighted by atomic mass is 16.5. The molecular weight excluding hydrogens is 214 g/mol. The Morgan fingerprint density at radius 1 is 1.24 bits per heavy atom. The van der Waals surface area contributed by atoms with Crippen LogP contribution < -0.4 is 5.73 Å². The number of hydrogen-bond acceptors (Lipinski definition) is 4. The van der Waals surface area contributed by atoms with Crippen LogP contribution in [0.1, 0.15) is 19.7 Å². The van der Waals surface area contributed by atoms with E-state index >= 15 is 0 Å². The maximum atomic E-state index is 5.68. The minimum atomic E-state index is -0.0134. The van der Waals surface area contributed by atoms with Crippen molar-refractivity contribution in [2.24, 2.45) is 11.1 Å². The predicted molar refractivity (Wildman–Crippen MR) is 66.3 cm³/mol. The lowest BCUT2D eigenvalue weighted by atomic mass is 9.90. The Balaban J connectivity index is 2.17. The molecule has 0 spiro atoms. The molecule has 2 rings (SSSR count). The molecule has 0 aliphatic heterocycles. The van der Waals surface area contributed by atoms with Crippen molar-refractivity contribution in [3.63, 3.8) is 0 Å². The minimum absolute atomic E-state index is 0.0134. The highest BCUT2D eigenvalue weighted by Crippen LogP contribution is 2.21. The van der Waals surface area contributed by atoms with Gasteiger partial charge < -0.3 is 10.3 Å². The van der Waals surface area contributed by atoms with Crippen molar-refractivity contribution >= 4 is 0 Å². The van der Waals surface area contributed by atoms with Crippen molar-refractivity contribution in [1.29, 1.82) is 0 Å². The zero-order valence-electron chi connectivity index (χ0n) is 10.2. The van der Waals surface area contributed by atoms with Crippen LogP contribution in [-0.4, -0.2) is 16.7 Å². The molecule has 2 aromatic rings. The smallest absolute Gasteiger partial charge is 0.227 e. The van der Waals surface area contributed by atoms with E-state index < -0.39 is 0 Å². The fourth-order valence-corrected chi connectivity index (χ4v) is 1.51. The van der Waals surface area contributed by atoms with Crippen LogP contribution in [-0.2, 0) is 6.42 Å². The van der Waals surface area contributed by atoms with Gasteiger partial charge in [0.05, 0.1) is 0 Å². The Kier molecular flexibility index (Phi) is 3.24. The quantitative estimate of drug-likeness (QED) is 0.876. The third-order valence-electron chi connectivity index (χ3n) is 2.68. The first-order valence-corrected chi connectivity index (χ1v) is 5.69. The van der Waals surface area contributed by atoms with Gasteiger partial charge in [-0.15, -0.1) is 0 Å². The lowest BCUT2D eigenvalue weighted by Crippen LogP contribution is -2.26. The van der Waals surface area contributed by atoms with E-state index in [9.17, 15) is 0 Å². The van der Waals surface area contributed by atoms with Gasteiger partial charge in [0.1, 0.15) is 0 Å². The molecule has 0 aliphatic rings. The molecule has 90 valence electrons. The van der Waals surface area contributed by atoms with E-state index in [2.05, 4.69) is 24.0 Å². The first kappa shape index (κ1) is 11.8. The maximum absolute atomic E-state index is 5.68. The number of nitrogens with zero attached hydrogens (tertiary/aromatic N) is 2. The average Bonchev–Trinajstić information content (AvgIpc) is 2.78. The molecule has 1 aromatic carbocycles. The van der Waals surface area contributed by atoms with Gasteiger partial charge in [0.25, 0.3) is 0 Å². The summed E-state index contributed by atoms with van der Waals surface area (Å²) in [5, 5.41) is 3.98. The zero-order chi connectivity index (χ0) is 12.3. The Morgan fingerprint density at radius 2 is 1.94 bits per heavy atom. The first-order chi connectivity index (χ1) is 8.11. The molecule has 0 bridgehead atoms. The molecule has 0 saturated heterocycles. The van der Waals surface area contributed by atoms with E-state index in [0.29, 0.717) is 24.7 Å². The molecule has 0 aliphatic carbocycles. The summed E-state index contributed by atoms with van der Waals surface area (Å²) in [5.41, 5.74) is 6.63. The van der Waals surface area contributed by atoms with Crippen molar-refractivity contribution in [3.05, 3.63) is 36.2 Å². The van der Waals surface area contributed by atoms with Crippen LogP contribution >= 0.6 is 0 Å². The third kappa shape index (κ3) is 2.91. The van der Waals surface area contributed by atoms with Crippen molar-refractivity contribution in [1.82, 2.24) is 10.1 Å². The summed E-state index contributed by atoms with van der Waals surface area (Å²) in [4.78, 5) is 4.38. The normalized spacial score (nSPS) is 11.7. The van der Waals surface area contributed by atoms with Crippen molar-refractivity contribution in [2.45, 2.75) is 20.3 Å². The van der Waals surface area contributed by atoms with Crippen LogP contribution in [0.2, 0.25) is 0 Å². The van der Waals surface area contributed by atoms with Crippen molar-refractivity contribution in [3.8, 4) is 11.4 Å². The van der Waals surface area contributed by atoms with Crippen LogP contribution in [0, 0.1) is 5.41 Å². The molecule has 0 radical (unpaired) electrons. The molecule has 0 atom stereocenters. The molecule has 4 nitrogen and oxygen atoms in total. The summed E-state index contributed by atoms with van der Waals surface area (Å²) in [6, 6.07) is 9.79. The molecule has 1 aromatic heterocycles. The molecule has 0 amide bonds. The standard InChI is InChI=1S/C13H17N3O/c1-13(2,9-14)8-11-15-12(16-17-11)10-6-4-3-5-7-10/h3-7H,8-9,14H2,1-2H3. The molecular formula is C13H17N3O. The Morgan fingerprint density at radius 3 is 2.59 bits per heavy atom. The van der Waals surface area contributed by atoms with Gasteiger partial charge in [-0.05, 0) is 12.0 Å². The monoisotopic (exact) mass is 231 g/mol. The fraction of sp³-hybridized carbons (Fsp3) is 0.385. The van der Waals surface area contributed by atoms with E-state index in [0.717, 1.165) is 5.56 Å². The molecule has 1 heterocycles. The van der Waals surface area contributed by atoms with Gasteiger partial charge in [-0.2, -0.15) is 4.98 Å². The number of nitrogens with two attached hydrogens (primary N) is 1. The van der Waals surface area contributed by atoms with Crippen molar-refractivity contribution in [2.75, 3.05) is 6.54 Å². The number of aromatic nitrogens is 2. The highest BCUT2D eigenvalue weighted by molar-refractivity contribution is 5.53. The molecule has 0 unspecified atom stereocenters. The second kappa shape index (κ2) is 4.67. The van der Waals surface area contributed by atoms with Gasteiger partial charge >= 0.3 is 0 Å². The molecule has 2 N–H and O–H groups in total. The Labute approximate surface area is 101 Å². The maximum Gasteiger partial charge on any atom is 0.227 e. The largest absolute Gasteiger partial charge is 0.339 e. The van der Waals surface area contributed by atoms with Crippen LogP contribution in [0.5, 0.6) is 0 Å². The Bertz CT molecular complexity index is 476. The van der Waals surface area contributed by atoms with Gasteiger partial charge in [-0.25, -0.2) is 0 Å². The highest BCUT2D eigenvalue weighted by Gasteiger charge is 2.20. The average molecular weight is 231 g/mol. The SMILES string of the molecule is CC(C)(CN)Cc1nc(-c2ccccc2)no1. The fourth-order valence-electron chi connectivity index (χ4n) is 1.51. The lowest BCUT2D eigenvalue weighted by molar-refractivity contribution is 0.300. The second-order valence-corrected chi connectivity index (χ2v) is 4.92. The van der Waals surface area contributed by atoms with E-state index in [1.54, 1.807) is 0 Å². The van der Waals surface area contributed by atoms with E-state index in [-0.39, 0.29) is 5.41 Å². The van der Waals surface area contributed by atoms with Crippen molar-refractivity contribution < 1.29 is 4.52 Å². The van der Waals surface area contributed by atoms with E-state index in [4.69, 9.17) is 10.3 Å². The molecule has 17 heavy (non-hydrogen) atoms. The van der Waals surface area contributed by atoms with Crippen LogP contribution in [0.4, 0.5) is 0 Å². The molecule has 4 heteroatoms. The number of benzene rings is 1. The van der Waals surface area contributed by atoms with E-state index in [1.807, 2.05) is 30.3 Å². The predicted octanol–water partition coefficient (Wildman–Crippen LogP) is 2.26. The third-order valence-corrected chi connectivity index (χ3v) is 2.68. The lowest BCUT2D eigenvalue weighted by Gasteiger charge is -2.19. The summed E-state index contributed by atoms with van der Waals surface area (Å²) in [6.45, 7) is 4.76. The van der Waals surface area contributed by atoms with Gasteiger partial charge in [0, 0.05) is 12.0 Å². The van der Waals surface area contributed by atoms with Gasteiger partial charge in [-0.1, -0.05) is 49.3 Å². The summed E-state index contributed by atoms with van der Waals surface area (Å²) in [5.74, 6) is 1.27.